The molecular weight excluding hydrogens is 599 g/mol. The number of benzene rings is 2. The number of nitrogens with zero attached hydrogens (tertiary/aromatic N) is 2. The number of cyclic esters (lactones) is 1. The Morgan fingerprint density at radius 3 is 2.41 bits per heavy atom. The van der Waals surface area contributed by atoms with Crippen molar-refractivity contribution >= 4 is 64.3 Å². The number of hydrogen-bond donors (Lipinski definition) is 2. The van der Waals surface area contributed by atoms with Crippen LogP contribution in [0.1, 0.15) is 33.6 Å². The largest absolute Gasteiger partial charge is 0.506 e. The van der Waals surface area contributed by atoms with E-state index < -0.39 is 34.2 Å². The molecule has 0 atom stereocenters. The highest BCUT2D eigenvalue weighted by molar-refractivity contribution is 7.99. The summed E-state index contributed by atoms with van der Waals surface area (Å²) >= 11 is 18.5. The zero-order chi connectivity index (χ0) is 28.1. The summed E-state index contributed by atoms with van der Waals surface area (Å²) in [5.74, 6) is -0.918. The third-order valence-corrected chi connectivity index (χ3v) is 8.46. The average Bonchev–Trinajstić information content (AvgIpc) is 3.28. The molecule has 0 aliphatic carbocycles. The SMILES string of the molecule is O=C(c1c(Sc2c(Cl)cccc2Cl)cc(C(F)(F)Cl)[nH]c1=O)N1Cc2cc(O)c(N3CCCOC3=O)cc2C1. The van der Waals surface area contributed by atoms with Gasteiger partial charge in [-0.05, 0) is 59.5 Å². The van der Waals surface area contributed by atoms with E-state index in [-0.39, 0.29) is 51.0 Å². The number of rotatable bonds is 5. The number of aromatic amines is 1. The first-order valence-corrected chi connectivity index (χ1v) is 13.4. The molecule has 2 N–H and O–H groups in total. The van der Waals surface area contributed by atoms with Gasteiger partial charge in [-0.1, -0.05) is 41.0 Å². The predicted molar refractivity (Wildman–Crippen MR) is 142 cm³/mol. The molecule has 0 spiro atoms. The molecule has 1 saturated heterocycles. The Labute approximate surface area is 239 Å². The van der Waals surface area contributed by atoms with Crippen molar-refractivity contribution in [3.8, 4) is 5.75 Å². The topological polar surface area (TPSA) is 103 Å². The molecule has 0 radical (unpaired) electrons. The van der Waals surface area contributed by atoms with Crippen LogP contribution >= 0.6 is 46.6 Å². The van der Waals surface area contributed by atoms with Crippen LogP contribution in [-0.2, 0) is 23.2 Å². The Morgan fingerprint density at radius 1 is 1.10 bits per heavy atom. The molecule has 39 heavy (non-hydrogen) atoms. The molecule has 5 rings (SSSR count). The van der Waals surface area contributed by atoms with Crippen molar-refractivity contribution < 1.29 is 28.2 Å². The number of phenolic OH excluding ortho intramolecular Hbond substituents is 1. The zero-order valence-electron chi connectivity index (χ0n) is 19.8. The number of alkyl halides is 3. The summed E-state index contributed by atoms with van der Waals surface area (Å²) in [4.78, 5) is 43.6. The number of aromatic nitrogens is 1. The second-order valence-corrected chi connectivity index (χ2v) is 11.1. The maximum absolute atomic E-state index is 14.0. The minimum Gasteiger partial charge on any atom is -0.506 e. The van der Waals surface area contributed by atoms with Crippen LogP contribution in [0.3, 0.4) is 0 Å². The van der Waals surface area contributed by atoms with Crippen molar-refractivity contribution in [2.24, 2.45) is 0 Å². The summed E-state index contributed by atoms with van der Waals surface area (Å²) in [7, 11) is 0. The fourth-order valence-electron chi connectivity index (χ4n) is 4.37. The Kier molecular flexibility index (Phi) is 7.45. The summed E-state index contributed by atoms with van der Waals surface area (Å²) in [5, 5.41) is 7.05. The van der Waals surface area contributed by atoms with Gasteiger partial charge in [0.2, 0.25) is 0 Å². The minimum absolute atomic E-state index is 0.0241. The number of halogens is 5. The number of amides is 2. The van der Waals surface area contributed by atoms with E-state index in [1.807, 2.05) is 4.98 Å². The van der Waals surface area contributed by atoms with Crippen molar-refractivity contribution in [2.45, 2.75) is 34.7 Å². The molecule has 2 amide bonds. The number of ether oxygens (including phenoxy) is 1. The summed E-state index contributed by atoms with van der Waals surface area (Å²) in [6.07, 6.45) is -0.00635. The van der Waals surface area contributed by atoms with Crippen LogP contribution in [0.25, 0.3) is 0 Å². The second-order valence-electron chi connectivity index (χ2n) is 8.79. The number of nitrogens with one attached hydrogen (secondary N) is 1. The van der Waals surface area contributed by atoms with Crippen molar-refractivity contribution in [2.75, 3.05) is 18.1 Å². The van der Waals surface area contributed by atoms with E-state index in [2.05, 4.69) is 0 Å². The summed E-state index contributed by atoms with van der Waals surface area (Å²) in [5.41, 5.74) is -0.901. The van der Waals surface area contributed by atoms with E-state index in [4.69, 9.17) is 39.5 Å². The molecule has 2 aliphatic rings. The molecule has 14 heteroatoms. The van der Waals surface area contributed by atoms with Crippen LogP contribution in [0.5, 0.6) is 5.75 Å². The van der Waals surface area contributed by atoms with E-state index in [1.165, 1.54) is 28.0 Å². The van der Waals surface area contributed by atoms with Gasteiger partial charge in [-0.15, -0.1) is 0 Å². The van der Waals surface area contributed by atoms with Crippen LogP contribution < -0.4 is 10.5 Å². The van der Waals surface area contributed by atoms with Gasteiger partial charge in [-0.2, -0.15) is 8.78 Å². The number of phenols is 1. The summed E-state index contributed by atoms with van der Waals surface area (Å²) in [6, 6.07) is 8.60. The van der Waals surface area contributed by atoms with E-state index in [0.29, 0.717) is 24.1 Å². The van der Waals surface area contributed by atoms with Gasteiger partial charge in [0, 0.05) is 29.4 Å². The van der Waals surface area contributed by atoms with Gasteiger partial charge in [0.05, 0.1) is 22.3 Å². The van der Waals surface area contributed by atoms with Gasteiger partial charge < -0.3 is 19.7 Å². The molecule has 2 aromatic carbocycles. The second kappa shape index (κ2) is 10.5. The van der Waals surface area contributed by atoms with Gasteiger partial charge >= 0.3 is 11.5 Å². The lowest BCUT2D eigenvalue weighted by Crippen LogP contribution is -2.37. The highest BCUT2D eigenvalue weighted by Gasteiger charge is 2.35. The predicted octanol–water partition coefficient (Wildman–Crippen LogP) is 6.33. The average molecular weight is 617 g/mol. The van der Waals surface area contributed by atoms with E-state index in [9.17, 15) is 28.3 Å². The van der Waals surface area contributed by atoms with Gasteiger partial charge in [-0.3, -0.25) is 14.5 Å². The van der Waals surface area contributed by atoms with Crippen molar-refractivity contribution in [1.82, 2.24) is 9.88 Å². The highest BCUT2D eigenvalue weighted by Crippen LogP contribution is 2.42. The molecule has 1 fully saturated rings. The molecule has 3 aromatic rings. The molecule has 204 valence electrons. The van der Waals surface area contributed by atoms with Crippen molar-refractivity contribution in [1.29, 1.82) is 0 Å². The Hall–Kier alpha value is -2.99. The minimum atomic E-state index is -3.91. The van der Waals surface area contributed by atoms with E-state index in [0.717, 1.165) is 17.8 Å². The molecule has 8 nitrogen and oxygen atoms in total. The van der Waals surface area contributed by atoms with Gasteiger partial charge in [0.1, 0.15) is 17.0 Å². The maximum Gasteiger partial charge on any atom is 0.414 e. The molecule has 0 saturated carbocycles. The fourth-order valence-corrected chi connectivity index (χ4v) is 6.12. The number of pyridine rings is 1. The zero-order valence-corrected chi connectivity index (χ0v) is 22.9. The lowest BCUT2D eigenvalue weighted by molar-refractivity contribution is 0.0740. The first-order valence-electron chi connectivity index (χ1n) is 11.5. The van der Waals surface area contributed by atoms with Crippen molar-refractivity contribution in [3.63, 3.8) is 0 Å². The smallest absolute Gasteiger partial charge is 0.414 e. The Bertz CT molecular complexity index is 1540. The lowest BCUT2D eigenvalue weighted by Gasteiger charge is -2.27. The van der Waals surface area contributed by atoms with Gasteiger partial charge in [0.25, 0.3) is 11.5 Å². The molecule has 0 bridgehead atoms. The van der Waals surface area contributed by atoms with Crippen LogP contribution in [0.15, 0.2) is 51.0 Å². The first-order chi connectivity index (χ1) is 18.4. The molecule has 2 aliphatic heterocycles. The van der Waals surface area contributed by atoms with E-state index >= 15 is 0 Å². The maximum atomic E-state index is 14.0. The standard InChI is InChI=1S/C25H18Cl3F2N3O5S/c26-14-3-1-4-15(27)21(14)39-18-9-19(25(28,29)30)31-22(35)20(18)23(36)32-10-12-7-16(17(34)8-13(12)11-32)33-5-2-6-38-24(33)37/h1,3-4,7-9,34H,2,5-6,10-11H2,(H,31,35). The van der Waals surface area contributed by atoms with Crippen LogP contribution in [0.4, 0.5) is 19.3 Å². The number of aromatic hydroxyl groups is 1. The third-order valence-electron chi connectivity index (χ3n) is 6.22. The lowest BCUT2D eigenvalue weighted by atomic mass is 10.1. The summed E-state index contributed by atoms with van der Waals surface area (Å²) < 4.78 is 33.0. The number of hydrogen-bond acceptors (Lipinski definition) is 6. The monoisotopic (exact) mass is 615 g/mol. The van der Waals surface area contributed by atoms with Gasteiger partial charge in [0.15, 0.2) is 0 Å². The van der Waals surface area contributed by atoms with Crippen LogP contribution in [-0.4, -0.2) is 40.1 Å². The number of fused-ring (bicyclic) bond motifs is 1. The number of carbonyl (C=O) groups excluding carboxylic acids is 2. The fraction of sp³-hybridized carbons (Fsp3) is 0.240. The highest BCUT2D eigenvalue weighted by atomic mass is 35.5. The molecule has 3 heterocycles. The number of anilines is 1. The molecular formula is C25H18Cl3F2N3O5S. The number of carbonyl (C=O) groups is 2. The Balaban J connectivity index is 1.51. The normalized spacial score (nSPS) is 15.4. The third kappa shape index (κ3) is 5.41. The van der Waals surface area contributed by atoms with Crippen LogP contribution in [0, 0.1) is 0 Å². The van der Waals surface area contributed by atoms with Crippen LogP contribution in [0.2, 0.25) is 10.0 Å². The first kappa shape index (κ1) is 27.6. The summed E-state index contributed by atoms with van der Waals surface area (Å²) in [6.45, 7) is 0.697. The molecule has 1 aromatic heterocycles. The molecule has 0 unspecified atom stereocenters. The Morgan fingerprint density at radius 2 is 1.77 bits per heavy atom. The van der Waals surface area contributed by atoms with E-state index in [1.54, 1.807) is 12.1 Å². The van der Waals surface area contributed by atoms with Crippen molar-refractivity contribution in [3.05, 3.63) is 79.2 Å². The van der Waals surface area contributed by atoms with Gasteiger partial charge in [-0.25, -0.2) is 4.79 Å². The quantitative estimate of drug-likeness (QED) is 0.325. The number of H-pyrrole nitrogens is 1.